The summed E-state index contributed by atoms with van der Waals surface area (Å²) in [6.45, 7) is 4.27. The highest BCUT2D eigenvalue weighted by Gasteiger charge is 2.27. The van der Waals surface area contributed by atoms with E-state index in [-0.39, 0.29) is 0 Å². The predicted molar refractivity (Wildman–Crippen MR) is 108 cm³/mol. The molecule has 2 amide bonds. The number of anilines is 1. The summed E-state index contributed by atoms with van der Waals surface area (Å²) in [5.41, 5.74) is 0.824. The second kappa shape index (κ2) is 10.4. The quantitative estimate of drug-likeness (QED) is 0.570. The van der Waals surface area contributed by atoms with Crippen LogP contribution in [0, 0.1) is 5.92 Å². The van der Waals surface area contributed by atoms with Crippen LogP contribution in [0.4, 0.5) is 5.69 Å². The van der Waals surface area contributed by atoms with Crippen LogP contribution in [-0.4, -0.2) is 68.7 Å². The normalized spacial score (nSPS) is 18.8. The molecule has 29 heavy (non-hydrogen) atoms. The molecule has 2 aliphatic rings. The van der Waals surface area contributed by atoms with Gasteiger partial charge in [-0.2, -0.15) is 0 Å². The standard InChI is InChI=1S/C21H29N3O5/c1-28-21(27)16-2-4-17(5-3-16)23-20(26)19(25)22-14-15-6-10-24(11-7-15)18-8-12-29-13-9-18/h2-5,15,18H,6-14H2,1H3,(H,22,25)(H,23,26). The van der Waals surface area contributed by atoms with Crippen LogP contribution in [0.25, 0.3) is 0 Å². The summed E-state index contributed by atoms with van der Waals surface area (Å²) in [6, 6.07) is 6.81. The molecule has 2 fully saturated rings. The number of ether oxygens (including phenoxy) is 2. The third-order valence-electron chi connectivity index (χ3n) is 5.68. The minimum atomic E-state index is -0.713. The Labute approximate surface area is 170 Å². The van der Waals surface area contributed by atoms with Gasteiger partial charge in [-0.3, -0.25) is 9.59 Å². The highest BCUT2D eigenvalue weighted by molar-refractivity contribution is 6.39. The molecule has 2 saturated heterocycles. The maximum Gasteiger partial charge on any atom is 0.337 e. The van der Waals surface area contributed by atoms with Gasteiger partial charge in [-0.25, -0.2) is 4.79 Å². The van der Waals surface area contributed by atoms with Gasteiger partial charge in [-0.05, 0) is 69.0 Å². The van der Waals surface area contributed by atoms with Gasteiger partial charge in [0.25, 0.3) is 0 Å². The molecule has 2 aliphatic heterocycles. The number of carbonyl (C=O) groups excluding carboxylic acids is 3. The van der Waals surface area contributed by atoms with Crippen molar-refractivity contribution in [1.82, 2.24) is 10.2 Å². The molecule has 1 aromatic carbocycles. The van der Waals surface area contributed by atoms with Gasteiger partial charge in [0.2, 0.25) is 0 Å². The van der Waals surface area contributed by atoms with Gasteiger partial charge in [-0.15, -0.1) is 0 Å². The molecule has 8 heteroatoms. The van der Waals surface area contributed by atoms with Crippen molar-refractivity contribution in [2.45, 2.75) is 31.7 Å². The van der Waals surface area contributed by atoms with Gasteiger partial charge >= 0.3 is 17.8 Å². The van der Waals surface area contributed by atoms with Crippen molar-refractivity contribution >= 4 is 23.5 Å². The zero-order valence-electron chi connectivity index (χ0n) is 16.8. The lowest BCUT2D eigenvalue weighted by Gasteiger charge is -2.39. The first-order valence-corrected chi connectivity index (χ1v) is 10.2. The Kier molecular flexibility index (Phi) is 7.60. The average Bonchev–Trinajstić information content (AvgIpc) is 2.78. The lowest BCUT2D eigenvalue weighted by atomic mass is 9.94. The summed E-state index contributed by atoms with van der Waals surface area (Å²) in [6.07, 6.45) is 4.24. The number of amides is 2. The number of likely N-dealkylation sites (tertiary alicyclic amines) is 1. The van der Waals surface area contributed by atoms with Crippen LogP contribution in [-0.2, 0) is 19.1 Å². The molecule has 158 valence electrons. The number of methoxy groups -OCH3 is 1. The molecule has 0 radical (unpaired) electrons. The zero-order chi connectivity index (χ0) is 20.6. The third kappa shape index (κ3) is 6.01. The third-order valence-corrected chi connectivity index (χ3v) is 5.68. The van der Waals surface area contributed by atoms with Gasteiger partial charge in [0.05, 0.1) is 12.7 Å². The highest BCUT2D eigenvalue weighted by atomic mass is 16.5. The monoisotopic (exact) mass is 403 g/mol. The topological polar surface area (TPSA) is 97.0 Å². The molecule has 2 heterocycles. The molecule has 0 unspecified atom stereocenters. The Hall–Kier alpha value is -2.45. The molecule has 0 spiro atoms. The number of hydrogen-bond donors (Lipinski definition) is 2. The Bertz CT molecular complexity index is 708. The summed E-state index contributed by atoms with van der Waals surface area (Å²) >= 11 is 0. The molecule has 0 atom stereocenters. The van der Waals surface area contributed by atoms with Crippen LogP contribution >= 0.6 is 0 Å². The van der Waals surface area contributed by atoms with Crippen LogP contribution in [0.15, 0.2) is 24.3 Å². The van der Waals surface area contributed by atoms with Crippen molar-refractivity contribution in [1.29, 1.82) is 0 Å². The Morgan fingerprint density at radius 2 is 1.69 bits per heavy atom. The summed E-state index contributed by atoms with van der Waals surface area (Å²) in [5.74, 6) is -1.42. The average molecular weight is 403 g/mol. The van der Waals surface area contributed by atoms with E-state index in [9.17, 15) is 14.4 Å². The second-order valence-electron chi connectivity index (χ2n) is 7.56. The molecule has 2 N–H and O–H groups in total. The first-order valence-electron chi connectivity index (χ1n) is 10.2. The number of nitrogens with zero attached hydrogens (tertiary/aromatic N) is 1. The van der Waals surface area contributed by atoms with Crippen molar-refractivity contribution in [2.75, 3.05) is 45.3 Å². The van der Waals surface area contributed by atoms with Crippen molar-refractivity contribution in [3.8, 4) is 0 Å². The zero-order valence-corrected chi connectivity index (χ0v) is 16.8. The molecular weight excluding hydrogens is 374 g/mol. The minimum absolute atomic E-state index is 0.377. The lowest BCUT2D eigenvalue weighted by molar-refractivity contribution is -0.136. The summed E-state index contributed by atoms with van der Waals surface area (Å²) in [7, 11) is 1.30. The Morgan fingerprint density at radius 1 is 1.03 bits per heavy atom. The fourth-order valence-corrected chi connectivity index (χ4v) is 3.89. The number of esters is 1. The van der Waals surface area contributed by atoms with Gasteiger partial charge in [-0.1, -0.05) is 0 Å². The fourth-order valence-electron chi connectivity index (χ4n) is 3.89. The maximum atomic E-state index is 12.1. The summed E-state index contributed by atoms with van der Waals surface area (Å²) in [5, 5.41) is 5.28. The molecule has 0 bridgehead atoms. The molecule has 3 rings (SSSR count). The number of rotatable bonds is 5. The molecule has 0 saturated carbocycles. The lowest BCUT2D eigenvalue weighted by Crippen LogP contribution is -2.46. The number of nitrogens with one attached hydrogen (secondary N) is 2. The predicted octanol–water partition coefficient (Wildman–Crippen LogP) is 1.42. The van der Waals surface area contributed by atoms with Crippen molar-refractivity contribution in [2.24, 2.45) is 5.92 Å². The van der Waals surface area contributed by atoms with Gasteiger partial charge in [0.15, 0.2) is 0 Å². The number of piperidine rings is 1. The van der Waals surface area contributed by atoms with Crippen LogP contribution in [0.3, 0.4) is 0 Å². The number of hydrogen-bond acceptors (Lipinski definition) is 6. The first kappa shape index (κ1) is 21.3. The Morgan fingerprint density at radius 3 is 2.31 bits per heavy atom. The molecule has 0 aliphatic carbocycles. The van der Waals surface area contributed by atoms with E-state index in [1.807, 2.05) is 0 Å². The van der Waals surface area contributed by atoms with Gasteiger partial charge in [0, 0.05) is 31.5 Å². The van der Waals surface area contributed by atoms with E-state index in [0.29, 0.717) is 29.8 Å². The molecule has 1 aromatic rings. The van der Waals surface area contributed by atoms with Gasteiger partial charge in [0.1, 0.15) is 0 Å². The van der Waals surface area contributed by atoms with Crippen LogP contribution in [0.5, 0.6) is 0 Å². The van der Waals surface area contributed by atoms with E-state index in [1.165, 1.54) is 19.2 Å². The number of carbonyl (C=O) groups is 3. The molecule has 8 nitrogen and oxygen atoms in total. The van der Waals surface area contributed by atoms with E-state index in [0.717, 1.165) is 52.0 Å². The smallest absolute Gasteiger partial charge is 0.337 e. The van der Waals surface area contributed by atoms with Crippen LogP contribution in [0.1, 0.15) is 36.0 Å². The van der Waals surface area contributed by atoms with Crippen LogP contribution < -0.4 is 10.6 Å². The summed E-state index contributed by atoms with van der Waals surface area (Å²) < 4.78 is 10.1. The number of benzene rings is 1. The van der Waals surface area contributed by atoms with E-state index in [2.05, 4.69) is 20.3 Å². The maximum absolute atomic E-state index is 12.1. The minimum Gasteiger partial charge on any atom is -0.465 e. The van der Waals surface area contributed by atoms with E-state index < -0.39 is 17.8 Å². The van der Waals surface area contributed by atoms with Gasteiger partial charge < -0.3 is 25.0 Å². The van der Waals surface area contributed by atoms with E-state index in [4.69, 9.17) is 4.74 Å². The first-order chi connectivity index (χ1) is 14.1. The van der Waals surface area contributed by atoms with E-state index >= 15 is 0 Å². The largest absolute Gasteiger partial charge is 0.465 e. The second-order valence-corrected chi connectivity index (χ2v) is 7.56. The molecule has 0 aromatic heterocycles. The van der Waals surface area contributed by atoms with Crippen LogP contribution in [0.2, 0.25) is 0 Å². The van der Waals surface area contributed by atoms with Crippen molar-refractivity contribution in [3.63, 3.8) is 0 Å². The Balaban J connectivity index is 1.38. The van der Waals surface area contributed by atoms with Crippen molar-refractivity contribution < 1.29 is 23.9 Å². The summed E-state index contributed by atoms with van der Waals surface area (Å²) in [4.78, 5) is 38.1. The SMILES string of the molecule is COC(=O)c1ccc(NC(=O)C(=O)NCC2CCN(C3CCOCC3)CC2)cc1. The molecular formula is C21H29N3O5. The van der Waals surface area contributed by atoms with Crippen molar-refractivity contribution in [3.05, 3.63) is 29.8 Å². The highest BCUT2D eigenvalue weighted by Crippen LogP contribution is 2.22. The fraction of sp³-hybridized carbons (Fsp3) is 0.571. The van der Waals surface area contributed by atoms with E-state index in [1.54, 1.807) is 12.1 Å².